The highest BCUT2D eigenvalue weighted by atomic mass is 15.4. The number of aromatic amines is 1. The van der Waals surface area contributed by atoms with E-state index in [1.54, 1.807) is 12.5 Å². The SMILES string of the molecule is CC1CN(c2n[nH]c(-c3cncn3C)n2)CCN1. The van der Waals surface area contributed by atoms with Gasteiger partial charge in [0.25, 0.3) is 0 Å². The zero-order chi connectivity index (χ0) is 12.5. The van der Waals surface area contributed by atoms with Crippen LogP contribution in [0.5, 0.6) is 0 Å². The highest BCUT2D eigenvalue weighted by Crippen LogP contribution is 2.17. The Morgan fingerprint density at radius 2 is 2.33 bits per heavy atom. The summed E-state index contributed by atoms with van der Waals surface area (Å²) in [4.78, 5) is 10.8. The molecule has 1 aliphatic rings. The summed E-state index contributed by atoms with van der Waals surface area (Å²) in [5.74, 6) is 1.52. The Balaban J connectivity index is 1.83. The fourth-order valence-corrected chi connectivity index (χ4v) is 2.21. The second kappa shape index (κ2) is 4.41. The van der Waals surface area contributed by atoms with Gasteiger partial charge in [0, 0.05) is 32.7 Å². The number of hydrogen-bond donors (Lipinski definition) is 2. The highest BCUT2D eigenvalue weighted by molar-refractivity contribution is 5.50. The lowest BCUT2D eigenvalue weighted by atomic mass is 10.2. The first-order valence-corrected chi connectivity index (χ1v) is 6.11. The van der Waals surface area contributed by atoms with E-state index >= 15 is 0 Å². The third-order valence-corrected chi connectivity index (χ3v) is 3.18. The van der Waals surface area contributed by atoms with Gasteiger partial charge in [-0.05, 0) is 6.92 Å². The van der Waals surface area contributed by atoms with Crippen molar-refractivity contribution in [1.29, 1.82) is 0 Å². The van der Waals surface area contributed by atoms with Crippen molar-refractivity contribution in [2.24, 2.45) is 7.05 Å². The number of anilines is 1. The molecule has 0 amide bonds. The van der Waals surface area contributed by atoms with Gasteiger partial charge < -0.3 is 14.8 Å². The molecule has 0 aromatic carbocycles. The van der Waals surface area contributed by atoms with Crippen molar-refractivity contribution in [3.8, 4) is 11.5 Å². The van der Waals surface area contributed by atoms with E-state index in [4.69, 9.17) is 0 Å². The molecule has 1 aliphatic heterocycles. The van der Waals surface area contributed by atoms with Crippen LogP contribution in [0.2, 0.25) is 0 Å². The van der Waals surface area contributed by atoms with Crippen LogP contribution in [0.15, 0.2) is 12.5 Å². The second-order valence-electron chi connectivity index (χ2n) is 4.67. The second-order valence-corrected chi connectivity index (χ2v) is 4.67. The van der Waals surface area contributed by atoms with Crippen LogP contribution < -0.4 is 10.2 Å². The van der Waals surface area contributed by atoms with E-state index in [9.17, 15) is 0 Å². The number of aromatic nitrogens is 5. The van der Waals surface area contributed by atoms with Gasteiger partial charge in [0.2, 0.25) is 5.95 Å². The van der Waals surface area contributed by atoms with E-state index < -0.39 is 0 Å². The van der Waals surface area contributed by atoms with Crippen LogP contribution in [0.25, 0.3) is 11.5 Å². The molecule has 3 rings (SSSR count). The molecule has 1 atom stereocenters. The molecule has 7 heteroatoms. The largest absolute Gasteiger partial charge is 0.337 e. The Bertz CT molecular complexity index is 529. The summed E-state index contributed by atoms with van der Waals surface area (Å²) in [5, 5.41) is 10.7. The van der Waals surface area contributed by atoms with Gasteiger partial charge in [0.05, 0.1) is 12.5 Å². The molecule has 2 aromatic rings. The van der Waals surface area contributed by atoms with Crippen molar-refractivity contribution >= 4 is 5.95 Å². The van der Waals surface area contributed by atoms with E-state index in [-0.39, 0.29) is 0 Å². The van der Waals surface area contributed by atoms with Gasteiger partial charge in [0.1, 0.15) is 5.69 Å². The number of rotatable bonds is 2. The summed E-state index contributed by atoms with van der Waals surface area (Å²) in [6, 6.07) is 0.470. The molecule has 0 aliphatic carbocycles. The van der Waals surface area contributed by atoms with Crippen LogP contribution in [-0.2, 0) is 7.05 Å². The van der Waals surface area contributed by atoms with Crippen LogP contribution >= 0.6 is 0 Å². The molecule has 0 saturated carbocycles. The Morgan fingerprint density at radius 3 is 3.06 bits per heavy atom. The van der Waals surface area contributed by atoms with Gasteiger partial charge in [0.15, 0.2) is 5.82 Å². The third kappa shape index (κ3) is 1.97. The predicted molar refractivity (Wildman–Crippen MR) is 68.3 cm³/mol. The van der Waals surface area contributed by atoms with Gasteiger partial charge in [-0.1, -0.05) is 0 Å². The molecule has 2 N–H and O–H groups in total. The normalized spacial score (nSPS) is 20.3. The molecule has 96 valence electrons. The first kappa shape index (κ1) is 11.2. The maximum Gasteiger partial charge on any atom is 0.245 e. The number of nitrogens with zero attached hydrogens (tertiary/aromatic N) is 5. The standard InChI is InChI=1S/C11H17N7/c1-8-6-18(4-3-13-8)11-14-10(15-16-11)9-5-12-7-17(9)2/h5,7-8,13H,3-4,6H2,1-2H3,(H,14,15,16). The molecular formula is C11H17N7. The molecule has 1 saturated heterocycles. The number of nitrogens with one attached hydrogen (secondary N) is 2. The minimum absolute atomic E-state index is 0.470. The first-order valence-electron chi connectivity index (χ1n) is 6.11. The Kier molecular flexibility index (Phi) is 2.75. The van der Waals surface area contributed by atoms with Crippen molar-refractivity contribution in [1.82, 2.24) is 30.0 Å². The van der Waals surface area contributed by atoms with Gasteiger partial charge in [-0.25, -0.2) is 4.98 Å². The lowest BCUT2D eigenvalue weighted by Crippen LogP contribution is -2.49. The Morgan fingerprint density at radius 1 is 1.44 bits per heavy atom. The van der Waals surface area contributed by atoms with Crippen LogP contribution in [-0.4, -0.2) is 50.4 Å². The molecule has 18 heavy (non-hydrogen) atoms. The summed E-state index contributed by atoms with van der Waals surface area (Å²) in [6.45, 7) is 5.01. The van der Waals surface area contributed by atoms with Crippen molar-refractivity contribution in [2.45, 2.75) is 13.0 Å². The summed E-state index contributed by atoms with van der Waals surface area (Å²) in [6.07, 6.45) is 3.54. The van der Waals surface area contributed by atoms with E-state index in [0.29, 0.717) is 6.04 Å². The van der Waals surface area contributed by atoms with Gasteiger partial charge >= 0.3 is 0 Å². The average Bonchev–Trinajstić information content (AvgIpc) is 2.97. The molecule has 0 bridgehead atoms. The monoisotopic (exact) mass is 247 g/mol. The molecule has 0 radical (unpaired) electrons. The van der Waals surface area contributed by atoms with Crippen LogP contribution in [0, 0.1) is 0 Å². The van der Waals surface area contributed by atoms with E-state index in [2.05, 4.69) is 37.3 Å². The lowest BCUT2D eigenvalue weighted by Gasteiger charge is -2.30. The van der Waals surface area contributed by atoms with Crippen LogP contribution in [0.4, 0.5) is 5.95 Å². The van der Waals surface area contributed by atoms with E-state index in [1.807, 2.05) is 11.6 Å². The lowest BCUT2D eigenvalue weighted by molar-refractivity contribution is 0.480. The van der Waals surface area contributed by atoms with Gasteiger partial charge in [-0.2, -0.15) is 4.98 Å². The molecule has 2 aromatic heterocycles. The summed E-state index contributed by atoms with van der Waals surface area (Å²) in [5.41, 5.74) is 0.942. The predicted octanol–water partition coefficient (Wildman–Crippen LogP) is 0.00330. The zero-order valence-electron chi connectivity index (χ0n) is 10.6. The minimum atomic E-state index is 0.470. The van der Waals surface area contributed by atoms with Crippen molar-refractivity contribution in [3.05, 3.63) is 12.5 Å². The minimum Gasteiger partial charge on any atom is -0.337 e. The number of H-pyrrole nitrogens is 1. The van der Waals surface area contributed by atoms with Crippen molar-refractivity contribution in [3.63, 3.8) is 0 Å². The zero-order valence-corrected chi connectivity index (χ0v) is 10.6. The molecular weight excluding hydrogens is 230 g/mol. The van der Waals surface area contributed by atoms with Crippen LogP contribution in [0.3, 0.4) is 0 Å². The van der Waals surface area contributed by atoms with E-state index in [0.717, 1.165) is 37.1 Å². The Hall–Kier alpha value is -1.89. The molecule has 1 unspecified atom stereocenters. The van der Waals surface area contributed by atoms with E-state index in [1.165, 1.54) is 0 Å². The third-order valence-electron chi connectivity index (χ3n) is 3.18. The summed E-state index contributed by atoms with van der Waals surface area (Å²) >= 11 is 0. The van der Waals surface area contributed by atoms with Crippen molar-refractivity contribution < 1.29 is 0 Å². The molecule has 7 nitrogen and oxygen atoms in total. The highest BCUT2D eigenvalue weighted by Gasteiger charge is 2.20. The fraction of sp³-hybridized carbons (Fsp3) is 0.545. The topological polar surface area (TPSA) is 74.7 Å². The fourth-order valence-electron chi connectivity index (χ4n) is 2.21. The number of aryl methyl sites for hydroxylation is 1. The van der Waals surface area contributed by atoms with Gasteiger partial charge in [-0.3, -0.25) is 5.10 Å². The molecule has 1 fully saturated rings. The number of piperazine rings is 1. The first-order chi connectivity index (χ1) is 8.74. The number of imidazole rings is 1. The smallest absolute Gasteiger partial charge is 0.245 e. The maximum atomic E-state index is 4.54. The number of hydrogen-bond acceptors (Lipinski definition) is 5. The maximum absolute atomic E-state index is 4.54. The summed E-state index contributed by atoms with van der Waals surface area (Å²) in [7, 11) is 1.94. The van der Waals surface area contributed by atoms with Crippen molar-refractivity contribution in [2.75, 3.05) is 24.5 Å². The van der Waals surface area contributed by atoms with Crippen LogP contribution in [0.1, 0.15) is 6.92 Å². The molecule has 3 heterocycles. The average molecular weight is 247 g/mol. The summed E-state index contributed by atoms with van der Waals surface area (Å²) < 4.78 is 1.92. The molecule has 0 spiro atoms. The Labute approximate surface area is 105 Å². The quantitative estimate of drug-likeness (QED) is 0.781. The van der Waals surface area contributed by atoms with Gasteiger partial charge in [-0.15, -0.1) is 5.10 Å².